The number of thioether (sulfide) groups is 1. The highest BCUT2D eigenvalue weighted by molar-refractivity contribution is 8.00. The van der Waals surface area contributed by atoms with Gasteiger partial charge in [-0.1, -0.05) is 41.6 Å². The summed E-state index contributed by atoms with van der Waals surface area (Å²) in [6.45, 7) is 0.405. The SMILES string of the molecule is O=C(CSc1ncnc2nc[nH]c12)NCc1ccccc1Cl. The largest absolute Gasteiger partial charge is 0.351 e. The summed E-state index contributed by atoms with van der Waals surface area (Å²) in [7, 11) is 0. The van der Waals surface area contributed by atoms with Gasteiger partial charge in [0.15, 0.2) is 5.65 Å². The number of aromatic nitrogens is 4. The molecule has 0 atom stereocenters. The summed E-state index contributed by atoms with van der Waals surface area (Å²) in [5.74, 6) is 0.173. The van der Waals surface area contributed by atoms with Crippen molar-refractivity contribution in [2.24, 2.45) is 0 Å². The molecule has 0 radical (unpaired) electrons. The lowest BCUT2D eigenvalue weighted by molar-refractivity contribution is -0.118. The first-order valence-corrected chi connectivity index (χ1v) is 7.87. The van der Waals surface area contributed by atoms with Gasteiger partial charge in [-0.15, -0.1) is 0 Å². The first-order valence-electron chi connectivity index (χ1n) is 6.51. The molecule has 2 heterocycles. The van der Waals surface area contributed by atoms with Gasteiger partial charge < -0.3 is 10.3 Å². The molecule has 2 N–H and O–H groups in total. The Morgan fingerprint density at radius 1 is 1.27 bits per heavy atom. The monoisotopic (exact) mass is 333 g/mol. The molecule has 0 aliphatic rings. The molecule has 1 amide bonds. The highest BCUT2D eigenvalue weighted by atomic mass is 35.5. The lowest BCUT2D eigenvalue weighted by atomic mass is 10.2. The van der Waals surface area contributed by atoms with Gasteiger partial charge in [0.05, 0.1) is 12.1 Å². The maximum absolute atomic E-state index is 11.9. The Labute approximate surface area is 135 Å². The number of carbonyl (C=O) groups is 1. The van der Waals surface area contributed by atoms with Crippen molar-refractivity contribution in [1.82, 2.24) is 25.3 Å². The van der Waals surface area contributed by atoms with Crippen LogP contribution >= 0.6 is 23.4 Å². The van der Waals surface area contributed by atoms with Gasteiger partial charge in [-0.3, -0.25) is 4.79 Å². The highest BCUT2D eigenvalue weighted by Crippen LogP contribution is 2.21. The van der Waals surface area contributed by atoms with E-state index in [-0.39, 0.29) is 11.7 Å². The van der Waals surface area contributed by atoms with Gasteiger partial charge in [-0.05, 0) is 11.6 Å². The number of hydrogen-bond donors (Lipinski definition) is 2. The number of nitrogens with one attached hydrogen (secondary N) is 2. The predicted molar refractivity (Wildman–Crippen MR) is 85.7 cm³/mol. The minimum absolute atomic E-state index is 0.0869. The van der Waals surface area contributed by atoms with Crippen LogP contribution in [0.25, 0.3) is 11.2 Å². The van der Waals surface area contributed by atoms with Crippen molar-refractivity contribution in [2.75, 3.05) is 5.75 Å². The normalized spacial score (nSPS) is 10.8. The van der Waals surface area contributed by atoms with Crippen molar-refractivity contribution in [2.45, 2.75) is 11.6 Å². The Balaban J connectivity index is 1.56. The van der Waals surface area contributed by atoms with Crippen LogP contribution in [0.3, 0.4) is 0 Å². The van der Waals surface area contributed by atoms with Crippen molar-refractivity contribution >= 4 is 40.4 Å². The van der Waals surface area contributed by atoms with E-state index >= 15 is 0 Å². The zero-order chi connectivity index (χ0) is 15.4. The molecular formula is C14H12ClN5OS. The van der Waals surface area contributed by atoms with Crippen LogP contribution in [0.15, 0.2) is 41.9 Å². The lowest BCUT2D eigenvalue weighted by Crippen LogP contribution is -2.24. The molecule has 3 rings (SSSR count). The van der Waals surface area contributed by atoms with Crippen molar-refractivity contribution in [3.05, 3.63) is 47.5 Å². The highest BCUT2D eigenvalue weighted by Gasteiger charge is 2.09. The molecule has 0 aliphatic carbocycles. The standard InChI is InChI=1S/C14H12ClN5OS/c15-10-4-2-1-3-9(10)5-16-11(21)6-22-14-12-13(18-7-17-12)19-8-20-14/h1-4,7-8H,5-6H2,(H,16,21)(H,17,18,19,20). The fraction of sp³-hybridized carbons (Fsp3) is 0.143. The molecule has 6 nitrogen and oxygen atoms in total. The fourth-order valence-corrected chi connectivity index (χ4v) is 2.86. The first kappa shape index (κ1) is 14.8. The van der Waals surface area contributed by atoms with Crippen LogP contribution in [0.2, 0.25) is 5.02 Å². The molecular weight excluding hydrogens is 322 g/mol. The zero-order valence-corrected chi connectivity index (χ0v) is 13.0. The summed E-state index contributed by atoms with van der Waals surface area (Å²) < 4.78 is 0. The number of carbonyl (C=O) groups excluding carboxylic acids is 1. The summed E-state index contributed by atoms with van der Waals surface area (Å²) >= 11 is 7.38. The molecule has 0 saturated carbocycles. The second-order valence-electron chi connectivity index (χ2n) is 4.44. The van der Waals surface area contributed by atoms with E-state index in [9.17, 15) is 4.79 Å². The molecule has 3 aromatic rings. The molecule has 0 aliphatic heterocycles. The number of nitrogens with zero attached hydrogens (tertiary/aromatic N) is 3. The molecule has 8 heteroatoms. The van der Waals surface area contributed by atoms with Crippen LogP contribution in [-0.4, -0.2) is 31.6 Å². The van der Waals surface area contributed by atoms with E-state index < -0.39 is 0 Å². The van der Waals surface area contributed by atoms with E-state index in [0.717, 1.165) is 11.1 Å². The zero-order valence-electron chi connectivity index (χ0n) is 11.4. The Hall–Kier alpha value is -2.12. The number of amides is 1. The van der Waals surface area contributed by atoms with Crippen LogP contribution in [0.5, 0.6) is 0 Å². The number of aromatic amines is 1. The quantitative estimate of drug-likeness (QED) is 0.553. The third-order valence-corrected chi connectivity index (χ3v) is 4.32. The third kappa shape index (κ3) is 3.37. The van der Waals surface area contributed by atoms with Gasteiger partial charge in [0.1, 0.15) is 16.9 Å². The van der Waals surface area contributed by atoms with E-state index in [2.05, 4.69) is 25.3 Å². The van der Waals surface area contributed by atoms with E-state index in [4.69, 9.17) is 11.6 Å². The number of imidazole rings is 1. The lowest BCUT2D eigenvalue weighted by Gasteiger charge is -2.06. The Morgan fingerprint density at radius 2 is 2.14 bits per heavy atom. The second-order valence-corrected chi connectivity index (χ2v) is 5.81. The summed E-state index contributed by atoms with van der Waals surface area (Å²) in [6, 6.07) is 7.42. The van der Waals surface area contributed by atoms with Crippen molar-refractivity contribution in [3.63, 3.8) is 0 Å². The van der Waals surface area contributed by atoms with E-state index in [1.54, 1.807) is 12.4 Å². The summed E-state index contributed by atoms with van der Waals surface area (Å²) in [4.78, 5) is 27.2. The average Bonchev–Trinajstić information content (AvgIpc) is 3.01. The van der Waals surface area contributed by atoms with Crippen LogP contribution in [0.4, 0.5) is 0 Å². The third-order valence-electron chi connectivity index (χ3n) is 2.96. The van der Waals surface area contributed by atoms with Crippen molar-refractivity contribution in [3.8, 4) is 0 Å². The Bertz CT molecular complexity index is 807. The topological polar surface area (TPSA) is 83.6 Å². The van der Waals surface area contributed by atoms with Crippen molar-refractivity contribution in [1.29, 1.82) is 0 Å². The van der Waals surface area contributed by atoms with Gasteiger partial charge in [0.25, 0.3) is 0 Å². The maximum Gasteiger partial charge on any atom is 0.230 e. The van der Waals surface area contributed by atoms with E-state index in [1.807, 2.05) is 18.2 Å². The second kappa shape index (κ2) is 6.76. The van der Waals surface area contributed by atoms with E-state index in [0.29, 0.717) is 22.2 Å². The fourth-order valence-electron chi connectivity index (χ4n) is 1.87. The molecule has 0 bridgehead atoms. The minimum Gasteiger partial charge on any atom is -0.351 e. The molecule has 22 heavy (non-hydrogen) atoms. The van der Waals surface area contributed by atoms with Gasteiger partial charge in [0, 0.05) is 11.6 Å². The number of benzene rings is 1. The number of rotatable bonds is 5. The molecule has 0 saturated heterocycles. The summed E-state index contributed by atoms with van der Waals surface area (Å²) in [5.41, 5.74) is 2.22. The molecule has 1 aromatic carbocycles. The van der Waals surface area contributed by atoms with Gasteiger partial charge in [-0.2, -0.15) is 0 Å². The molecule has 0 fully saturated rings. The Kier molecular flexibility index (Phi) is 4.55. The molecule has 0 spiro atoms. The minimum atomic E-state index is -0.0869. The number of hydrogen-bond acceptors (Lipinski definition) is 5. The number of H-pyrrole nitrogens is 1. The number of fused-ring (bicyclic) bond motifs is 1. The maximum atomic E-state index is 11.9. The molecule has 112 valence electrons. The van der Waals surface area contributed by atoms with Gasteiger partial charge in [0.2, 0.25) is 5.91 Å². The van der Waals surface area contributed by atoms with Crippen LogP contribution < -0.4 is 5.32 Å². The van der Waals surface area contributed by atoms with Crippen molar-refractivity contribution < 1.29 is 4.79 Å². The summed E-state index contributed by atoms with van der Waals surface area (Å²) in [5, 5.41) is 4.19. The van der Waals surface area contributed by atoms with Gasteiger partial charge >= 0.3 is 0 Å². The van der Waals surface area contributed by atoms with E-state index in [1.165, 1.54) is 18.1 Å². The molecule has 2 aromatic heterocycles. The predicted octanol–water partition coefficient (Wildman–Crippen LogP) is 2.41. The van der Waals surface area contributed by atoms with Crippen LogP contribution in [0.1, 0.15) is 5.56 Å². The van der Waals surface area contributed by atoms with Gasteiger partial charge in [-0.25, -0.2) is 15.0 Å². The smallest absolute Gasteiger partial charge is 0.230 e. The first-order chi connectivity index (χ1) is 10.7. The Morgan fingerprint density at radius 3 is 3.00 bits per heavy atom. The summed E-state index contributed by atoms with van der Waals surface area (Å²) in [6.07, 6.45) is 2.99. The average molecular weight is 334 g/mol. The van der Waals surface area contributed by atoms with Crippen LogP contribution in [-0.2, 0) is 11.3 Å². The molecule has 0 unspecified atom stereocenters. The van der Waals surface area contributed by atoms with Crippen LogP contribution in [0, 0.1) is 0 Å². The number of halogens is 1.